The Bertz CT molecular complexity index is 917. The van der Waals surface area contributed by atoms with E-state index in [1.54, 1.807) is 30.3 Å². The van der Waals surface area contributed by atoms with Gasteiger partial charge in [-0.1, -0.05) is 32.0 Å². The van der Waals surface area contributed by atoms with E-state index in [0.29, 0.717) is 16.4 Å². The summed E-state index contributed by atoms with van der Waals surface area (Å²) in [6, 6.07) is 10.6. The van der Waals surface area contributed by atoms with Gasteiger partial charge in [0.25, 0.3) is 17.3 Å². The lowest BCUT2D eigenvalue weighted by atomic mass is 10.1. The lowest BCUT2D eigenvalue weighted by Gasteiger charge is -2.17. The van der Waals surface area contributed by atoms with Gasteiger partial charge in [0.1, 0.15) is 0 Å². The van der Waals surface area contributed by atoms with E-state index in [4.69, 9.17) is 0 Å². The number of thioether (sulfide) groups is 1. The molecule has 8 nitrogen and oxygen atoms in total. The van der Waals surface area contributed by atoms with E-state index in [-0.39, 0.29) is 23.5 Å². The summed E-state index contributed by atoms with van der Waals surface area (Å²) in [6.45, 7) is 4.20. The molecule has 0 fully saturated rings. The number of hydrogen-bond donors (Lipinski definition) is 0. The molecule has 0 aliphatic heterocycles. The second kappa shape index (κ2) is 10.0. The highest BCUT2D eigenvalue weighted by atomic mass is 32.2. The van der Waals surface area contributed by atoms with E-state index >= 15 is 0 Å². The molecule has 1 amide bonds. The van der Waals surface area contributed by atoms with Gasteiger partial charge in [-0.3, -0.25) is 25.0 Å². The molecule has 29 heavy (non-hydrogen) atoms. The summed E-state index contributed by atoms with van der Waals surface area (Å²) in [5.74, 6) is 0.812. The monoisotopic (exact) mass is 417 g/mol. The number of rotatable bonds is 9. The Hall–Kier alpha value is -2.94. The largest absolute Gasteiger partial charge is 0.337 e. The van der Waals surface area contributed by atoms with Crippen LogP contribution in [0.5, 0.6) is 0 Å². The fourth-order valence-electron chi connectivity index (χ4n) is 2.69. The van der Waals surface area contributed by atoms with Crippen LogP contribution in [0.25, 0.3) is 0 Å². The lowest BCUT2D eigenvalue weighted by Crippen LogP contribution is -2.26. The van der Waals surface area contributed by atoms with Crippen molar-refractivity contribution in [2.24, 2.45) is 5.92 Å². The van der Waals surface area contributed by atoms with Gasteiger partial charge in [-0.15, -0.1) is 11.8 Å². The molecule has 0 saturated carbocycles. The smallest absolute Gasteiger partial charge is 0.283 e. The van der Waals surface area contributed by atoms with Crippen LogP contribution < -0.4 is 0 Å². The van der Waals surface area contributed by atoms with Crippen LogP contribution in [-0.4, -0.2) is 33.5 Å². The van der Waals surface area contributed by atoms with Crippen molar-refractivity contribution >= 4 is 29.0 Å². The first kappa shape index (κ1) is 22.4. The molecule has 154 valence electrons. The number of amides is 1. The predicted molar refractivity (Wildman–Crippen MR) is 112 cm³/mol. The number of carbonyl (C=O) groups is 1. The molecule has 0 bridgehead atoms. The average molecular weight is 417 g/mol. The number of nitro groups is 2. The molecule has 0 heterocycles. The van der Waals surface area contributed by atoms with Crippen LogP contribution >= 0.6 is 11.8 Å². The van der Waals surface area contributed by atoms with Gasteiger partial charge < -0.3 is 4.90 Å². The first-order valence-electron chi connectivity index (χ1n) is 9.09. The van der Waals surface area contributed by atoms with Gasteiger partial charge in [-0.05, 0) is 30.2 Å². The highest BCUT2D eigenvalue weighted by Gasteiger charge is 2.22. The van der Waals surface area contributed by atoms with E-state index in [2.05, 4.69) is 13.8 Å². The Morgan fingerprint density at radius 1 is 1.07 bits per heavy atom. The summed E-state index contributed by atoms with van der Waals surface area (Å²) < 4.78 is 0. The number of nitrogens with zero attached hydrogens (tertiary/aromatic N) is 3. The molecule has 0 unspecified atom stereocenters. The molecule has 2 aromatic carbocycles. The minimum atomic E-state index is -0.498. The number of nitro benzene ring substituents is 2. The maximum atomic E-state index is 12.7. The SMILES string of the molecule is CC(C)CCSc1ccc(C(=O)N(C)Cc2ccccc2[N+](=O)[O-])cc1[N+](=O)[O-]. The summed E-state index contributed by atoms with van der Waals surface area (Å²) in [7, 11) is 1.51. The topological polar surface area (TPSA) is 107 Å². The molecule has 0 saturated heterocycles. The second-order valence-corrected chi connectivity index (χ2v) is 8.15. The fourth-order valence-corrected chi connectivity index (χ4v) is 3.94. The van der Waals surface area contributed by atoms with Gasteiger partial charge in [0, 0.05) is 30.3 Å². The summed E-state index contributed by atoms with van der Waals surface area (Å²) in [4.78, 5) is 36.2. The Morgan fingerprint density at radius 3 is 2.34 bits per heavy atom. The molecular weight excluding hydrogens is 394 g/mol. The van der Waals surface area contributed by atoms with Crippen molar-refractivity contribution in [3.05, 3.63) is 73.8 Å². The minimum Gasteiger partial charge on any atom is -0.337 e. The highest BCUT2D eigenvalue weighted by molar-refractivity contribution is 7.99. The zero-order valence-corrected chi connectivity index (χ0v) is 17.3. The van der Waals surface area contributed by atoms with Crippen LogP contribution in [0.15, 0.2) is 47.4 Å². The fraction of sp³-hybridized carbons (Fsp3) is 0.350. The standard InChI is InChI=1S/C20H23N3O5S/c1-14(2)10-11-29-19-9-8-15(12-18(19)23(27)28)20(24)21(3)13-16-6-4-5-7-17(16)22(25)26/h4-9,12,14H,10-11,13H2,1-3H3. The van der Waals surface area contributed by atoms with Crippen LogP contribution in [0.4, 0.5) is 11.4 Å². The third-order valence-electron chi connectivity index (χ3n) is 4.30. The Kier molecular flexibility index (Phi) is 7.72. The Balaban J connectivity index is 2.20. The maximum absolute atomic E-state index is 12.7. The third-order valence-corrected chi connectivity index (χ3v) is 5.39. The van der Waals surface area contributed by atoms with Crippen LogP contribution in [0.2, 0.25) is 0 Å². The molecule has 2 aromatic rings. The van der Waals surface area contributed by atoms with Gasteiger partial charge in [-0.2, -0.15) is 0 Å². The molecule has 0 radical (unpaired) electrons. The molecule has 9 heteroatoms. The van der Waals surface area contributed by atoms with Crippen molar-refractivity contribution in [1.29, 1.82) is 0 Å². The Labute approximate surface area is 173 Å². The average Bonchev–Trinajstić information content (AvgIpc) is 2.67. The quantitative estimate of drug-likeness (QED) is 0.326. The number of carbonyl (C=O) groups excluding carboxylic acids is 1. The zero-order chi connectivity index (χ0) is 21.6. The normalized spacial score (nSPS) is 10.8. The molecule has 0 aliphatic carbocycles. The van der Waals surface area contributed by atoms with Crippen LogP contribution in [-0.2, 0) is 6.54 Å². The van der Waals surface area contributed by atoms with E-state index in [1.165, 1.54) is 35.8 Å². The molecule has 0 atom stereocenters. The predicted octanol–water partition coefficient (Wildman–Crippen LogP) is 4.91. The van der Waals surface area contributed by atoms with E-state index < -0.39 is 15.8 Å². The first-order valence-corrected chi connectivity index (χ1v) is 10.1. The molecular formula is C20H23N3O5S. The zero-order valence-electron chi connectivity index (χ0n) is 16.5. The van der Waals surface area contributed by atoms with E-state index in [1.807, 2.05) is 0 Å². The summed E-state index contributed by atoms with van der Waals surface area (Å²) >= 11 is 1.40. The van der Waals surface area contributed by atoms with Gasteiger partial charge in [-0.25, -0.2) is 0 Å². The van der Waals surface area contributed by atoms with Gasteiger partial charge in [0.15, 0.2) is 0 Å². The van der Waals surface area contributed by atoms with Crippen molar-refractivity contribution < 1.29 is 14.6 Å². The molecule has 0 aromatic heterocycles. The van der Waals surface area contributed by atoms with Crippen LogP contribution in [0.3, 0.4) is 0 Å². The maximum Gasteiger partial charge on any atom is 0.283 e. The lowest BCUT2D eigenvalue weighted by molar-refractivity contribution is -0.387. The third kappa shape index (κ3) is 6.02. The van der Waals surface area contributed by atoms with Gasteiger partial charge in [0.2, 0.25) is 0 Å². The number of hydrogen-bond acceptors (Lipinski definition) is 6. The molecule has 0 N–H and O–H groups in total. The van der Waals surface area contributed by atoms with Crippen molar-refractivity contribution in [2.75, 3.05) is 12.8 Å². The molecule has 0 aliphatic rings. The second-order valence-electron chi connectivity index (χ2n) is 7.02. The van der Waals surface area contributed by atoms with E-state index in [0.717, 1.165) is 12.2 Å². The van der Waals surface area contributed by atoms with Crippen molar-refractivity contribution in [3.8, 4) is 0 Å². The van der Waals surface area contributed by atoms with Crippen molar-refractivity contribution in [3.63, 3.8) is 0 Å². The van der Waals surface area contributed by atoms with Gasteiger partial charge in [0.05, 0.1) is 21.3 Å². The van der Waals surface area contributed by atoms with Gasteiger partial charge >= 0.3 is 0 Å². The minimum absolute atomic E-state index is 0.0225. The Morgan fingerprint density at radius 2 is 1.72 bits per heavy atom. The van der Waals surface area contributed by atoms with Crippen LogP contribution in [0, 0.1) is 26.1 Å². The van der Waals surface area contributed by atoms with Crippen LogP contribution in [0.1, 0.15) is 36.2 Å². The molecule has 2 rings (SSSR count). The van der Waals surface area contributed by atoms with Crippen molar-refractivity contribution in [1.82, 2.24) is 4.90 Å². The number of para-hydroxylation sites is 1. The first-order chi connectivity index (χ1) is 13.7. The summed E-state index contributed by atoms with van der Waals surface area (Å²) in [6.07, 6.45) is 0.932. The molecule has 0 spiro atoms. The van der Waals surface area contributed by atoms with Crippen molar-refractivity contribution in [2.45, 2.75) is 31.7 Å². The highest BCUT2D eigenvalue weighted by Crippen LogP contribution is 2.31. The summed E-state index contributed by atoms with van der Waals surface area (Å²) in [5, 5.41) is 22.6. The number of benzene rings is 2. The van der Waals surface area contributed by atoms with E-state index in [9.17, 15) is 25.0 Å². The summed E-state index contributed by atoms with van der Waals surface area (Å²) in [5.41, 5.74) is 0.383.